The molecular weight excluding hydrogens is 685 g/mol. The number of allylic oxidation sites excluding steroid dienone is 1. The van der Waals surface area contributed by atoms with E-state index >= 15 is 0 Å². The number of benzene rings is 7. The lowest BCUT2D eigenvalue weighted by Gasteiger charge is -2.23. The molecule has 7 rings (SSSR count). The molecule has 0 aliphatic carbocycles. The smallest absolute Gasteiger partial charge is 0.00732 e. The second-order valence-corrected chi connectivity index (χ2v) is 14.5. The van der Waals surface area contributed by atoms with E-state index < -0.39 is 0 Å². The summed E-state index contributed by atoms with van der Waals surface area (Å²) >= 11 is 0. The summed E-state index contributed by atoms with van der Waals surface area (Å²) in [6, 6.07) is 62.9. The first-order valence-corrected chi connectivity index (χ1v) is 21.0. The number of aryl methyl sites for hydroxylation is 5. The molecular formula is C57H64. The molecule has 0 saturated carbocycles. The molecule has 0 nitrogen and oxygen atoms in total. The molecule has 0 bridgehead atoms. The predicted molar refractivity (Wildman–Crippen MR) is 253 cm³/mol. The Kier molecular flexibility index (Phi) is 18.0. The van der Waals surface area contributed by atoms with Crippen molar-refractivity contribution in [2.45, 2.75) is 88.0 Å². The number of rotatable bonds is 9. The molecule has 0 radical (unpaired) electrons. The van der Waals surface area contributed by atoms with Crippen molar-refractivity contribution >= 4 is 11.1 Å². The maximum atomic E-state index is 2.34. The summed E-state index contributed by atoms with van der Waals surface area (Å²) in [5, 5.41) is 0. The molecule has 0 aliphatic heterocycles. The van der Waals surface area contributed by atoms with Crippen molar-refractivity contribution in [2.24, 2.45) is 0 Å². The van der Waals surface area contributed by atoms with Crippen molar-refractivity contribution < 1.29 is 0 Å². The Hall–Kier alpha value is -5.72. The summed E-state index contributed by atoms with van der Waals surface area (Å²) in [6.07, 6.45) is 4.55. The molecule has 0 saturated heterocycles. The molecule has 0 unspecified atom stereocenters. The van der Waals surface area contributed by atoms with Crippen molar-refractivity contribution in [3.63, 3.8) is 0 Å². The van der Waals surface area contributed by atoms with Crippen molar-refractivity contribution in [3.8, 4) is 22.3 Å². The molecule has 0 aliphatic rings. The molecule has 0 aromatic heterocycles. The Morgan fingerprint density at radius 1 is 0.421 bits per heavy atom. The largest absolute Gasteiger partial charge is 0.0683 e. The molecule has 0 amide bonds. The highest BCUT2D eigenvalue weighted by molar-refractivity contribution is 6.00. The molecule has 7 aromatic carbocycles. The monoisotopic (exact) mass is 749 g/mol. The minimum atomic E-state index is 1.05. The first-order valence-electron chi connectivity index (χ1n) is 21.0. The summed E-state index contributed by atoms with van der Waals surface area (Å²) in [6.45, 7) is 19.4. The van der Waals surface area contributed by atoms with Gasteiger partial charge in [0.1, 0.15) is 0 Å². The number of hydrogen-bond donors (Lipinski definition) is 0. The Labute approximate surface area is 346 Å². The Morgan fingerprint density at radius 2 is 0.895 bits per heavy atom. The van der Waals surface area contributed by atoms with E-state index in [0.29, 0.717) is 0 Å². The fourth-order valence-corrected chi connectivity index (χ4v) is 7.18. The van der Waals surface area contributed by atoms with Crippen LogP contribution >= 0.6 is 0 Å². The maximum Gasteiger partial charge on any atom is -0.00732 e. The maximum absolute atomic E-state index is 2.34. The van der Waals surface area contributed by atoms with Crippen molar-refractivity contribution in [1.29, 1.82) is 0 Å². The zero-order valence-electron chi connectivity index (χ0n) is 36.1. The standard InChI is InChI=1S/C32H32.C16H18.C7H8.C2H6/c1-5-14-29-30(22-21-24(3)31(29)28-20-13-12-15-23(28)2)32(27-18-10-7-11-19-27)25(4)26-16-8-6-9-17-26;1-3-4-14-7-11-16(12-8-14)15-9-5-13(2)6-10-15;1-7-5-3-2-4-6-7;1-2/h6-13,15-22H,5,14H2,1-4H3;5-12H,3-4H2,1-2H3;2-6H,1H3;1-2H3/b32-25+;;;. The highest BCUT2D eigenvalue weighted by Gasteiger charge is 2.19. The molecule has 0 heterocycles. The zero-order valence-corrected chi connectivity index (χ0v) is 36.1. The summed E-state index contributed by atoms with van der Waals surface area (Å²) < 4.78 is 0. The topological polar surface area (TPSA) is 0 Å². The first kappa shape index (κ1) is 44.0. The summed E-state index contributed by atoms with van der Waals surface area (Å²) in [5.74, 6) is 0. The highest BCUT2D eigenvalue weighted by atomic mass is 14.2. The van der Waals surface area contributed by atoms with E-state index in [1.54, 1.807) is 0 Å². The molecule has 0 fully saturated rings. The van der Waals surface area contributed by atoms with Crippen LogP contribution in [0.15, 0.2) is 176 Å². The van der Waals surface area contributed by atoms with Crippen LogP contribution in [-0.2, 0) is 12.8 Å². The normalized spacial score (nSPS) is 10.8. The van der Waals surface area contributed by atoms with Crippen LogP contribution in [0.5, 0.6) is 0 Å². The van der Waals surface area contributed by atoms with E-state index in [4.69, 9.17) is 0 Å². The van der Waals surface area contributed by atoms with Gasteiger partial charge in [0.05, 0.1) is 0 Å². The molecule has 0 N–H and O–H groups in total. The molecule has 0 heteroatoms. The summed E-state index contributed by atoms with van der Waals surface area (Å²) in [4.78, 5) is 0. The average molecular weight is 749 g/mol. The van der Waals surface area contributed by atoms with Gasteiger partial charge in [-0.3, -0.25) is 0 Å². The van der Waals surface area contributed by atoms with Gasteiger partial charge in [-0.2, -0.15) is 0 Å². The van der Waals surface area contributed by atoms with Gasteiger partial charge in [0.25, 0.3) is 0 Å². The fraction of sp³-hybridized carbons (Fsp3) is 0.228. The molecule has 0 atom stereocenters. The van der Waals surface area contributed by atoms with E-state index in [1.165, 1.54) is 96.3 Å². The van der Waals surface area contributed by atoms with Crippen molar-refractivity contribution in [2.75, 3.05) is 0 Å². The molecule has 57 heavy (non-hydrogen) atoms. The van der Waals surface area contributed by atoms with Gasteiger partial charge in [0.15, 0.2) is 0 Å². The lowest BCUT2D eigenvalue weighted by atomic mass is 9.81. The van der Waals surface area contributed by atoms with Gasteiger partial charge >= 0.3 is 0 Å². The van der Waals surface area contributed by atoms with Crippen LogP contribution in [-0.4, -0.2) is 0 Å². The summed E-state index contributed by atoms with van der Waals surface area (Å²) in [5.41, 5.74) is 20.1. The lowest BCUT2D eigenvalue weighted by Crippen LogP contribution is -2.03. The first-order chi connectivity index (χ1) is 27.8. The fourth-order valence-electron chi connectivity index (χ4n) is 7.18. The van der Waals surface area contributed by atoms with Gasteiger partial charge in [-0.15, -0.1) is 0 Å². The third-order valence-corrected chi connectivity index (χ3v) is 10.2. The van der Waals surface area contributed by atoms with Crippen LogP contribution in [0.1, 0.15) is 97.5 Å². The lowest BCUT2D eigenvalue weighted by molar-refractivity contribution is 0.918. The van der Waals surface area contributed by atoms with Crippen molar-refractivity contribution in [3.05, 3.63) is 226 Å². The van der Waals surface area contributed by atoms with Gasteiger partial charge in [0, 0.05) is 0 Å². The van der Waals surface area contributed by atoms with Crippen molar-refractivity contribution in [1.82, 2.24) is 0 Å². The van der Waals surface area contributed by atoms with Gasteiger partial charge in [0.2, 0.25) is 0 Å². The van der Waals surface area contributed by atoms with E-state index in [9.17, 15) is 0 Å². The summed E-state index contributed by atoms with van der Waals surface area (Å²) in [7, 11) is 0. The Bertz CT molecular complexity index is 2220. The number of hydrogen-bond acceptors (Lipinski definition) is 0. The average Bonchev–Trinajstić information content (AvgIpc) is 3.25. The molecule has 7 aromatic rings. The van der Waals surface area contributed by atoms with Gasteiger partial charge in [-0.25, -0.2) is 0 Å². The second kappa shape index (κ2) is 23.4. The second-order valence-electron chi connectivity index (χ2n) is 14.5. The van der Waals surface area contributed by atoms with Gasteiger partial charge in [-0.1, -0.05) is 228 Å². The van der Waals surface area contributed by atoms with E-state index in [1.807, 2.05) is 32.0 Å². The minimum absolute atomic E-state index is 1.05. The van der Waals surface area contributed by atoms with Crippen LogP contribution in [0.25, 0.3) is 33.4 Å². The highest BCUT2D eigenvalue weighted by Crippen LogP contribution is 2.40. The van der Waals surface area contributed by atoms with Crippen LogP contribution in [0.4, 0.5) is 0 Å². The van der Waals surface area contributed by atoms with Crippen LogP contribution < -0.4 is 0 Å². The molecule has 292 valence electrons. The van der Waals surface area contributed by atoms with Crippen LogP contribution in [0.2, 0.25) is 0 Å². The van der Waals surface area contributed by atoms with Gasteiger partial charge < -0.3 is 0 Å². The van der Waals surface area contributed by atoms with Gasteiger partial charge in [-0.05, 0) is 120 Å². The third-order valence-electron chi connectivity index (χ3n) is 10.2. The van der Waals surface area contributed by atoms with E-state index in [0.717, 1.165) is 12.8 Å². The van der Waals surface area contributed by atoms with Crippen LogP contribution in [0.3, 0.4) is 0 Å². The quantitative estimate of drug-likeness (QED) is 0.129. The predicted octanol–water partition coefficient (Wildman–Crippen LogP) is 16.5. The minimum Gasteiger partial charge on any atom is -0.0683 e. The van der Waals surface area contributed by atoms with E-state index in [2.05, 4.69) is 206 Å². The molecule has 0 spiro atoms. The van der Waals surface area contributed by atoms with E-state index in [-0.39, 0.29) is 0 Å². The Morgan fingerprint density at radius 3 is 1.40 bits per heavy atom. The Balaban J connectivity index is 0.000000237. The van der Waals surface area contributed by atoms with Crippen LogP contribution in [0, 0.1) is 27.7 Å². The third kappa shape index (κ3) is 12.6. The zero-order chi connectivity index (χ0) is 41.0. The SMILES string of the molecule is CC.CCCc1c(/C(=C(\C)c2ccccc2)c2ccccc2)ccc(C)c1-c1ccccc1C.CCCc1ccc(-c2ccc(C)cc2)cc1.Cc1ccccc1.